The molecule has 0 aliphatic heterocycles. The quantitative estimate of drug-likeness (QED) is 0.539. The molecule has 0 fully saturated rings. The Morgan fingerprint density at radius 2 is 2.35 bits per heavy atom. The molecule has 1 aromatic heterocycles. The second-order valence-corrected chi connectivity index (χ2v) is 6.25. The molecule has 5 N–H and O–H groups in total. The number of hydrogen-bond donors (Lipinski definition) is 4. The highest BCUT2D eigenvalue weighted by molar-refractivity contribution is 7.92. The van der Waals surface area contributed by atoms with Crippen molar-refractivity contribution in [1.82, 2.24) is 10.2 Å². The third-order valence-corrected chi connectivity index (χ3v) is 4.11. The van der Waals surface area contributed by atoms with Crippen LogP contribution in [0.25, 0.3) is 0 Å². The van der Waals surface area contributed by atoms with Crippen molar-refractivity contribution in [2.45, 2.75) is 18.9 Å². The number of H-pyrrole nitrogens is 1. The first-order valence-corrected chi connectivity index (χ1v) is 7.00. The smallest absolute Gasteiger partial charge is 0.320 e. The summed E-state index contributed by atoms with van der Waals surface area (Å²) in [7, 11) is -2.77. The lowest BCUT2D eigenvalue weighted by Crippen LogP contribution is -2.32. The third kappa shape index (κ3) is 4.96. The zero-order valence-electron chi connectivity index (χ0n) is 9.26. The van der Waals surface area contributed by atoms with E-state index in [1.807, 2.05) is 0 Å². The Kier molecular flexibility index (Phi) is 4.64. The number of aromatic amines is 1. The highest BCUT2D eigenvalue weighted by atomic mass is 32.2. The molecule has 0 aromatic carbocycles. The van der Waals surface area contributed by atoms with Crippen LogP contribution >= 0.6 is 0 Å². The van der Waals surface area contributed by atoms with Crippen molar-refractivity contribution in [3.63, 3.8) is 0 Å². The van der Waals surface area contributed by atoms with Crippen molar-refractivity contribution < 1.29 is 14.1 Å². The van der Waals surface area contributed by atoms with E-state index >= 15 is 0 Å². The highest BCUT2D eigenvalue weighted by Gasteiger charge is 2.15. The second-order valence-electron chi connectivity index (χ2n) is 3.81. The molecule has 1 unspecified atom stereocenters. The third-order valence-electron chi connectivity index (χ3n) is 2.35. The average Bonchev–Trinajstić information content (AvgIpc) is 2.76. The van der Waals surface area contributed by atoms with Crippen LogP contribution in [0.1, 0.15) is 12.0 Å². The van der Waals surface area contributed by atoms with Crippen LogP contribution in [0.5, 0.6) is 0 Å². The molecular formula is C9H16N4O3S. The fraction of sp³-hybridized carbons (Fsp3) is 0.556. The van der Waals surface area contributed by atoms with Crippen molar-refractivity contribution in [3.8, 4) is 0 Å². The minimum absolute atomic E-state index is 0.0122. The van der Waals surface area contributed by atoms with Crippen molar-refractivity contribution in [3.05, 3.63) is 18.0 Å². The molecule has 0 aliphatic carbocycles. The molecule has 0 bridgehead atoms. The van der Waals surface area contributed by atoms with Crippen molar-refractivity contribution >= 4 is 15.7 Å². The molecular weight excluding hydrogens is 244 g/mol. The molecule has 0 spiro atoms. The summed E-state index contributed by atoms with van der Waals surface area (Å²) < 4.78 is 19.4. The normalized spacial score (nSPS) is 16.3. The molecule has 7 nitrogen and oxygen atoms in total. The molecule has 8 heteroatoms. The topological polar surface area (TPSA) is 133 Å². The van der Waals surface area contributed by atoms with E-state index in [0.717, 1.165) is 5.56 Å². The first kappa shape index (κ1) is 13.7. The van der Waals surface area contributed by atoms with Crippen molar-refractivity contribution in [2.24, 2.45) is 5.73 Å². The average molecular weight is 260 g/mol. The molecule has 0 saturated carbocycles. The summed E-state index contributed by atoms with van der Waals surface area (Å²) >= 11 is 0. The number of aliphatic carboxylic acids is 1. The number of hydrogen-bond acceptors (Lipinski definition) is 5. The molecule has 1 heterocycles. The molecule has 0 saturated heterocycles. The van der Waals surface area contributed by atoms with Gasteiger partial charge in [0.25, 0.3) is 0 Å². The molecule has 0 aliphatic rings. The molecule has 17 heavy (non-hydrogen) atoms. The van der Waals surface area contributed by atoms with Crippen LogP contribution < -0.4 is 5.73 Å². The first-order valence-electron chi connectivity index (χ1n) is 5.11. The first-order chi connectivity index (χ1) is 7.91. The van der Waals surface area contributed by atoms with Gasteiger partial charge in [0, 0.05) is 27.4 Å². The van der Waals surface area contributed by atoms with Gasteiger partial charge in [0.2, 0.25) is 0 Å². The maximum Gasteiger partial charge on any atom is 0.320 e. The van der Waals surface area contributed by atoms with Crippen LogP contribution in [0, 0.1) is 4.78 Å². The number of carbonyl (C=O) groups is 1. The molecule has 1 aromatic rings. The number of aryl methyl sites for hydroxylation is 1. The Bertz CT molecular complexity index is 455. The second kappa shape index (κ2) is 5.78. The van der Waals surface area contributed by atoms with E-state index in [-0.39, 0.29) is 17.9 Å². The Morgan fingerprint density at radius 1 is 1.65 bits per heavy atom. The molecule has 1 rings (SSSR count). The van der Waals surface area contributed by atoms with Gasteiger partial charge in [-0.3, -0.25) is 14.7 Å². The Hall–Kier alpha value is -1.41. The Labute approximate surface area is 99.4 Å². The molecule has 2 atom stereocenters. The van der Waals surface area contributed by atoms with Crippen LogP contribution in [0.4, 0.5) is 0 Å². The number of carboxylic acids is 1. The fourth-order valence-corrected chi connectivity index (χ4v) is 2.64. The minimum atomic E-state index is -2.77. The largest absolute Gasteiger partial charge is 0.480 e. The number of nitrogens with zero attached hydrogens (tertiary/aromatic N) is 1. The lowest BCUT2D eigenvalue weighted by atomic mass is 10.2. The van der Waals surface area contributed by atoms with Gasteiger partial charge in [-0.25, -0.2) is 4.21 Å². The van der Waals surface area contributed by atoms with E-state index in [1.54, 1.807) is 12.4 Å². The van der Waals surface area contributed by atoms with E-state index < -0.39 is 21.7 Å². The number of nitrogens with two attached hydrogens (primary N) is 1. The summed E-state index contributed by atoms with van der Waals surface area (Å²) in [4.78, 5) is 10.5. The maximum atomic E-state index is 11.8. The summed E-state index contributed by atoms with van der Waals surface area (Å²) in [6, 6.07) is -1.05. The van der Waals surface area contributed by atoms with Gasteiger partial charge in [-0.05, 0) is 18.4 Å². The number of aromatic nitrogens is 2. The fourth-order valence-electron chi connectivity index (χ4n) is 1.24. The molecule has 96 valence electrons. The van der Waals surface area contributed by atoms with Crippen molar-refractivity contribution in [2.75, 3.05) is 11.5 Å². The predicted octanol–water partition coefficient (Wildman–Crippen LogP) is -0.199. The van der Waals surface area contributed by atoms with Gasteiger partial charge in [0.15, 0.2) is 0 Å². The van der Waals surface area contributed by atoms with E-state index in [2.05, 4.69) is 10.2 Å². The maximum absolute atomic E-state index is 11.8. The number of nitrogens with one attached hydrogen (secondary N) is 2. The van der Waals surface area contributed by atoms with E-state index in [4.69, 9.17) is 15.6 Å². The summed E-state index contributed by atoms with van der Waals surface area (Å²) in [6.07, 6.45) is 3.83. The predicted molar refractivity (Wildman–Crippen MR) is 63.1 cm³/mol. The number of carboxylic acid groups (broad SMARTS) is 1. The molecule has 0 radical (unpaired) electrons. The standard InChI is InChI=1S/C9H16N4O3S/c10-8(9(14)15)2-4-17(11,16)3-1-7-5-12-13-6-7/h5-6,8,11H,1-4,10H2,(H,12,13)(H,14,15)/t8-,17?/m0/s1. The van der Waals surface area contributed by atoms with Gasteiger partial charge in [-0.15, -0.1) is 0 Å². The summed E-state index contributed by atoms with van der Waals surface area (Å²) in [5.74, 6) is -0.924. The van der Waals surface area contributed by atoms with E-state index in [0.29, 0.717) is 6.42 Å². The lowest BCUT2D eigenvalue weighted by molar-refractivity contribution is -0.138. The van der Waals surface area contributed by atoms with Crippen LogP contribution in [-0.2, 0) is 20.9 Å². The van der Waals surface area contributed by atoms with E-state index in [1.165, 1.54) is 0 Å². The van der Waals surface area contributed by atoms with Gasteiger partial charge in [0.05, 0.1) is 6.20 Å². The van der Waals surface area contributed by atoms with Crippen molar-refractivity contribution in [1.29, 1.82) is 4.78 Å². The van der Waals surface area contributed by atoms with Crippen LogP contribution in [0.2, 0.25) is 0 Å². The monoisotopic (exact) mass is 260 g/mol. The van der Waals surface area contributed by atoms with E-state index in [9.17, 15) is 9.00 Å². The van der Waals surface area contributed by atoms with Gasteiger partial charge in [-0.2, -0.15) is 5.10 Å². The Balaban J connectivity index is 2.39. The Morgan fingerprint density at radius 3 is 2.88 bits per heavy atom. The molecule has 0 amide bonds. The van der Waals surface area contributed by atoms with Gasteiger partial charge >= 0.3 is 5.97 Å². The lowest BCUT2D eigenvalue weighted by Gasteiger charge is -2.09. The van der Waals surface area contributed by atoms with Gasteiger partial charge in [0.1, 0.15) is 6.04 Å². The SMILES string of the molecule is N=S(=O)(CCc1cn[nH]c1)CC[C@H](N)C(=O)O. The van der Waals surface area contributed by atoms with Crippen LogP contribution in [0.15, 0.2) is 12.4 Å². The summed E-state index contributed by atoms with van der Waals surface area (Å²) in [5, 5.41) is 14.9. The van der Waals surface area contributed by atoms with Gasteiger partial charge < -0.3 is 10.8 Å². The summed E-state index contributed by atoms with van der Waals surface area (Å²) in [6.45, 7) is 0. The summed E-state index contributed by atoms with van der Waals surface area (Å²) in [5.41, 5.74) is 6.17. The zero-order chi connectivity index (χ0) is 12.9. The highest BCUT2D eigenvalue weighted by Crippen LogP contribution is 2.03. The number of rotatable bonds is 7. The van der Waals surface area contributed by atoms with Gasteiger partial charge in [-0.1, -0.05) is 0 Å². The van der Waals surface area contributed by atoms with Crippen LogP contribution in [-0.4, -0.2) is 43.0 Å². The van der Waals surface area contributed by atoms with Crippen LogP contribution in [0.3, 0.4) is 0 Å². The zero-order valence-corrected chi connectivity index (χ0v) is 10.1. The minimum Gasteiger partial charge on any atom is -0.480 e.